The quantitative estimate of drug-likeness (QED) is 0.170. The number of hydrogen-bond donors (Lipinski definition) is 1. The Bertz CT molecular complexity index is 2640. The molecule has 0 fully saturated rings. The minimum atomic E-state index is -0.110. The van der Waals surface area contributed by atoms with Crippen LogP contribution in [0.4, 0.5) is 0 Å². The number of phenolic OH excluding ortho intramolecular Hbond substituents is 1. The second-order valence-electron chi connectivity index (χ2n) is 16.1. The molecule has 0 radical (unpaired) electrons. The van der Waals surface area contributed by atoms with Crippen LogP contribution < -0.4 is 0 Å². The van der Waals surface area contributed by atoms with Crippen molar-refractivity contribution in [1.29, 1.82) is 0 Å². The largest absolute Gasteiger partial charge is 0.507 e. The van der Waals surface area contributed by atoms with Crippen LogP contribution in [0, 0.1) is 12.8 Å². The van der Waals surface area contributed by atoms with Gasteiger partial charge in [0.15, 0.2) is 0 Å². The number of aromatic nitrogens is 3. The van der Waals surface area contributed by atoms with Gasteiger partial charge in [-0.15, -0.1) is 0 Å². The lowest BCUT2D eigenvalue weighted by Gasteiger charge is -2.22. The fraction of sp³-hybridized carbons (Fsp3) is 0.176. The first-order chi connectivity index (χ1) is 26.5. The Morgan fingerprint density at radius 1 is 0.618 bits per heavy atom. The lowest BCUT2D eigenvalue weighted by Crippen LogP contribution is -2.11. The van der Waals surface area contributed by atoms with E-state index < -0.39 is 0 Å². The fourth-order valence-electron chi connectivity index (χ4n) is 7.54. The summed E-state index contributed by atoms with van der Waals surface area (Å²) in [4.78, 5) is 10.3. The fourth-order valence-corrected chi connectivity index (χ4v) is 7.54. The molecular weight excluding hydrogens is 671 g/mol. The third-order valence-electron chi connectivity index (χ3n) is 10.4. The van der Waals surface area contributed by atoms with Gasteiger partial charge in [0.1, 0.15) is 11.6 Å². The maximum absolute atomic E-state index is 11.3. The number of benzene rings is 6. The van der Waals surface area contributed by atoms with Gasteiger partial charge in [-0.25, -0.2) is 4.98 Å². The molecule has 4 heteroatoms. The van der Waals surface area contributed by atoms with Crippen LogP contribution in [0.15, 0.2) is 152 Å². The van der Waals surface area contributed by atoms with E-state index in [0.29, 0.717) is 17.3 Å². The number of para-hydroxylation sites is 2. The second kappa shape index (κ2) is 14.5. The van der Waals surface area contributed by atoms with E-state index in [-0.39, 0.29) is 11.2 Å². The molecule has 8 rings (SSSR count). The minimum Gasteiger partial charge on any atom is -0.507 e. The zero-order valence-corrected chi connectivity index (χ0v) is 32.5. The van der Waals surface area contributed by atoms with Gasteiger partial charge in [-0.1, -0.05) is 131 Å². The maximum atomic E-state index is 11.3. The highest BCUT2D eigenvalue weighted by Crippen LogP contribution is 2.41. The molecule has 1 N–H and O–H groups in total. The van der Waals surface area contributed by atoms with E-state index >= 15 is 0 Å². The molecule has 272 valence electrons. The third-order valence-corrected chi connectivity index (χ3v) is 10.4. The van der Waals surface area contributed by atoms with Crippen LogP contribution >= 0.6 is 0 Å². The molecule has 0 unspecified atom stereocenters. The standard InChI is InChI=1S/C51H47N3O/c1-33(2)27-38-31-42(23-24-43(38)36-13-8-7-9-14-36)54-47-17-12-16-44(49(47)53-50(54)45-15-10-11-18-48(45)55)39-28-40(30-41(29-39)51(4,5)6)46-32-37(25-26-52-46)35-21-19-34(3)20-22-35/h7-26,28-33,55H,27H2,1-6H3. The van der Waals surface area contributed by atoms with E-state index in [9.17, 15) is 5.11 Å². The summed E-state index contributed by atoms with van der Waals surface area (Å²) in [5.41, 5.74) is 16.0. The van der Waals surface area contributed by atoms with Gasteiger partial charge in [0.05, 0.1) is 22.3 Å². The van der Waals surface area contributed by atoms with E-state index in [2.05, 4.69) is 167 Å². The number of aromatic hydroxyl groups is 1. The zero-order valence-electron chi connectivity index (χ0n) is 32.5. The molecule has 2 aromatic heterocycles. The van der Waals surface area contributed by atoms with Crippen LogP contribution in [0.25, 0.3) is 72.7 Å². The first-order valence-corrected chi connectivity index (χ1v) is 19.2. The SMILES string of the molecule is Cc1ccc(-c2ccnc(-c3cc(-c4cccc5c4nc(-c4ccccc4O)n5-c4ccc(-c5ccccc5)c(CC(C)C)c4)cc(C(C)(C)C)c3)c2)cc1. The van der Waals surface area contributed by atoms with Crippen LogP contribution in [0.2, 0.25) is 0 Å². The number of hydrogen-bond acceptors (Lipinski definition) is 3. The summed E-state index contributed by atoms with van der Waals surface area (Å²) in [6.07, 6.45) is 2.84. The Morgan fingerprint density at radius 3 is 2.09 bits per heavy atom. The minimum absolute atomic E-state index is 0.110. The van der Waals surface area contributed by atoms with Gasteiger partial charge in [-0.05, 0) is 118 Å². The predicted octanol–water partition coefficient (Wildman–Crippen LogP) is 13.3. The lowest BCUT2D eigenvalue weighted by molar-refractivity contribution is 0.477. The van der Waals surface area contributed by atoms with Crippen LogP contribution in [0.3, 0.4) is 0 Å². The number of aryl methyl sites for hydroxylation is 1. The van der Waals surface area contributed by atoms with Gasteiger partial charge in [-0.3, -0.25) is 9.55 Å². The van der Waals surface area contributed by atoms with Crippen molar-refractivity contribution in [3.05, 3.63) is 168 Å². The van der Waals surface area contributed by atoms with Crippen LogP contribution in [-0.2, 0) is 11.8 Å². The van der Waals surface area contributed by atoms with Crippen LogP contribution in [-0.4, -0.2) is 19.6 Å². The predicted molar refractivity (Wildman–Crippen MR) is 230 cm³/mol. The highest BCUT2D eigenvalue weighted by atomic mass is 16.3. The van der Waals surface area contributed by atoms with Gasteiger partial charge in [0, 0.05) is 23.0 Å². The smallest absolute Gasteiger partial charge is 0.149 e. The molecule has 0 saturated heterocycles. The molecule has 0 aliphatic heterocycles. The molecule has 2 heterocycles. The van der Waals surface area contributed by atoms with Crippen molar-refractivity contribution >= 4 is 11.0 Å². The topological polar surface area (TPSA) is 50.9 Å². The molecule has 0 saturated carbocycles. The van der Waals surface area contributed by atoms with E-state index in [1.807, 2.05) is 24.4 Å². The summed E-state index contributed by atoms with van der Waals surface area (Å²) in [6.45, 7) is 13.4. The molecule has 0 amide bonds. The van der Waals surface area contributed by atoms with Crippen molar-refractivity contribution in [2.24, 2.45) is 5.92 Å². The van der Waals surface area contributed by atoms with Gasteiger partial charge < -0.3 is 5.11 Å². The lowest BCUT2D eigenvalue weighted by atomic mass is 9.83. The molecule has 6 aromatic carbocycles. The van der Waals surface area contributed by atoms with Crippen molar-refractivity contribution in [2.75, 3.05) is 0 Å². The van der Waals surface area contributed by atoms with Crippen molar-refractivity contribution in [3.8, 4) is 67.5 Å². The number of rotatable bonds is 8. The summed E-state index contributed by atoms with van der Waals surface area (Å²) >= 11 is 0. The number of nitrogens with zero attached hydrogens (tertiary/aromatic N) is 3. The average Bonchev–Trinajstić information content (AvgIpc) is 3.58. The number of pyridine rings is 1. The Balaban J connectivity index is 1.34. The molecule has 0 bridgehead atoms. The van der Waals surface area contributed by atoms with Crippen molar-refractivity contribution in [1.82, 2.24) is 14.5 Å². The van der Waals surface area contributed by atoms with Crippen molar-refractivity contribution in [2.45, 2.75) is 53.4 Å². The first kappa shape index (κ1) is 35.8. The van der Waals surface area contributed by atoms with E-state index in [1.54, 1.807) is 6.07 Å². The van der Waals surface area contributed by atoms with Crippen molar-refractivity contribution in [3.63, 3.8) is 0 Å². The molecule has 0 aliphatic carbocycles. The number of phenols is 1. The molecule has 55 heavy (non-hydrogen) atoms. The number of imidazole rings is 1. The molecule has 4 nitrogen and oxygen atoms in total. The molecule has 0 atom stereocenters. The normalized spacial score (nSPS) is 11.8. The molecule has 8 aromatic rings. The Morgan fingerprint density at radius 2 is 1.35 bits per heavy atom. The monoisotopic (exact) mass is 717 g/mol. The van der Waals surface area contributed by atoms with Crippen LogP contribution in [0.5, 0.6) is 5.75 Å². The Labute approximate surface area is 324 Å². The molecular formula is C51H47N3O. The Hall–Kier alpha value is -6.26. The maximum Gasteiger partial charge on any atom is 0.149 e. The van der Waals surface area contributed by atoms with E-state index in [4.69, 9.17) is 9.97 Å². The third kappa shape index (κ3) is 7.20. The summed E-state index contributed by atoms with van der Waals surface area (Å²) in [5.74, 6) is 1.36. The van der Waals surface area contributed by atoms with Gasteiger partial charge in [-0.2, -0.15) is 0 Å². The van der Waals surface area contributed by atoms with Crippen molar-refractivity contribution < 1.29 is 5.11 Å². The van der Waals surface area contributed by atoms with Gasteiger partial charge in [0.2, 0.25) is 0 Å². The first-order valence-electron chi connectivity index (χ1n) is 19.2. The Kier molecular flexibility index (Phi) is 9.44. The van der Waals surface area contributed by atoms with E-state index in [1.165, 1.54) is 33.4 Å². The molecule has 0 spiro atoms. The molecule has 0 aliphatic rings. The summed E-state index contributed by atoms with van der Waals surface area (Å²) < 4.78 is 2.22. The average molecular weight is 718 g/mol. The summed E-state index contributed by atoms with van der Waals surface area (Å²) in [5, 5.41) is 11.3. The van der Waals surface area contributed by atoms with E-state index in [0.717, 1.165) is 51.1 Å². The van der Waals surface area contributed by atoms with Gasteiger partial charge in [0.25, 0.3) is 0 Å². The highest BCUT2D eigenvalue weighted by molar-refractivity contribution is 5.97. The summed E-state index contributed by atoms with van der Waals surface area (Å²) in [7, 11) is 0. The highest BCUT2D eigenvalue weighted by Gasteiger charge is 2.23. The van der Waals surface area contributed by atoms with Crippen LogP contribution in [0.1, 0.15) is 51.3 Å². The zero-order chi connectivity index (χ0) is 38.3. The van der Waals surface area contributed by atoms with Gasteiger partial charge >= 0.3 is 0 Å². The number of fused-ring (bicyclic) bond motifs is 1. The second-order valence-corrected chi connectivity index (χ2v) is 16.1. The summed E-state index contributed by atoms with van der Waals surface area (Å²) in [6, 6.07) is 51.0.